The van der Waals surface area contributed by atoms with Crippen molar-refractivity contribution < 1.29 is 0 Å². The highest BCUT2D eigenvalue weighted by Crippen LogP contribution is 2.19. The van der Waals surface area contributed by atoms with Crippen LogP contribution in [0.15, 0.2) is 24.3 Å². The molecule has 1 aliphatic heterocycles. The average molecular weight is 225 g/mol. The van der Waals surface area contributed by atoms with Crippen molar-refractivity contribution >= 4 is 17.3 Å². The molecule has 0 saturated carbocycles. The van der Waals surface area contributed by atoms with Crippen LogP contribution >= 0.6 is 11.6 Å². The van der Waals surface area contributed by atoms with Crippen LogP contribution in [0.3, 0.4) is 0 Å². The van der Waals surface area contributed by atoms with E-state index in [4.69, 9.17) is 11.6 Å². The van der Waals surface area contributed by atoms with E-state index in [0.29, 0.717) is 6.04 Å². The Balaban J connectivity index is 2.06. The van der Waals surface area contributed by atoms with Crippen LogP contribution in [0.5, 0.6) is 0 Å². The average Bonchev–Trinajstić information content (AvgIpc) is 2.30. The van der Waals surface area contributed by atoms with Gasteiger partial charge < -0.3 is 10.2 Å². The maximum atomic E-state index is 5.88. The predicted octanol–water partition coefficient (Wildman–Crippen LogP) is 2.53. The second-order valence-electron chi connectivity index (χ2n) is 3.98. The standard InChI is InChI=1S/C12H17ClN2/c1-2-11-9-15(8-7-14-11)12-5-3-10(13)4-6-12/h3-6,11,14H,2,7-9H2,1H3/t11-/m0/s1. The number of nitrogens with zero attached hydrogens (tertiary/aromatic N) is 1. The van der Waals surface area contributed by atoms with Crippen molar-refractivity contribution in [2.75, 3.05) is 24.5 Å². The van der Waals surface area contributed by atoms with E-state index < -0.39 is 0 Å². The van der Waals surface area contributed by atoms with E-state index in [1.54, 1.807) is 0 Å². The van der Waals surface area contributed by atoms with Crippen LogP contribution in [0.1, 0.15) is 13.3 Å². The van der Waals surface area contributed by atoms with Crippen LogP contribution in [0, 0.1) is 0 Å². The number of benzene rings is 1. The van der Waals surface area contributed by atoms with Crippen LogP contribution in [-0.4, -0.2) is 25.7 Å². The number of hydrogen-bond donors (Lipinski definition) is 1. The van der Waals surface area contributed by atoms with E-state index in [0.717, 1.165) is 24.7 Å². The largest absolute Gasteiger partial charge is 0.369 e. The first-order chi connectivity index (χ1) is 7.29. The summed E-state index contributed by atoms with van der Waals surface area (Å²) in [5.74, 6) is 0. The topological polar surface area (TPSA) is 15.3 Å². The van der Waals surface area contributed by atoms with Gasteiger partial charge >= 0.3 is 0 Å². The second-order valence-corrected chi connectivity index (χ2v) is 4.42. The SMILES string of the molecule is CC[C@H]1CN(c2ccc(Cl)cc2)CCN1. The van der Waals surface area contributed by atoms with E-state index in [9.17, 15) is 0 Å². The fraction of sp³-hybridized carbons (Fsp3) is 0.500. The highest BCUT2D eigenvalue weighted by Gasteiger charge is 2.17. The molecule has 0 radical (unpaired) electrons. The third-order valence-electron chi connectivity index (χ3n) is 2.94. The maximum Gasteiger partial charge on any atom is 0.0407 e. The van der Waals surface area contributed by atoms with Crippen LogP contribution in [0.4, 0.5) is 5.69 Å². The molecule has 82 valence electrons. The van der Waals surface area contributed by atoms with Gasteiger partial charge in [-0.15, -0.1) is 0 Å². The van der Waals surface area contributed by atoms with Gasteiger partial charge in [-0.25, -0.2) is 0 Å². The number of halogens is 1. The lowest BCUT2D eigenvalue weighted by Crippen LogP contribution is -2.50. The maximum absolute atomic E-state index is 5.88. The third kappa shape index (κ3) is 2.64. The monoisotopic (exact) mass is 224 g/mol. The lowest BCUT2D eigenvalue weighted by Gasteiger charge is -2.34. The Labute approximate surface area is 96.2 Å². The van der Waals surface area contributed by atoms with Gasteiger partial charge in [0.1, 0.15) is 0 Å². The predicted molar refractivity (Wildman–Crippen MR) is 65.7 cm³/mol. The van der Waals surface area contributed by atoms with Crippen molar-refractivity contribution in [1.82, 2.24) is 5.32 Å². The van der Waals surface area contributed by atoms with Crippen molar-refractivity contribution in [1.29, 1.82) is 0 Å². The van der Waals surface area contributed by atoms with Crippen LogP contribution in [-0.2, 0) is 0 Å². The molecule has 2 nitrogen and oxygen atoms in total. The molecule has 3 heteroatoms. The zero-order valence-corrected chi connectivity index (χ0v) is 9.80. The number of anilines is 1. The Bertz CT molecular complexity index is 310. The van der Waals surface area contributed by atoms with E-state index in [-0.39, 0.29) is 0 Å². The van der Waals surface area contributed by atoms with E-state index >= 15 is 0 Å². The lowest BCUT2D eigenvalue weighted by molar-refractivity contribution is 0.447. The minimum atomic E-state index is 0.620. The van der Waals surface area contributed by atoms with Gasteiger partial charge in [-0.3, -0.25) is 0 Å². The minimum absolute atomic E-state index is 0.620. The Hall–Kier alpha value is -0.730. The van der Waals surface area contributed by atoms with Crippen molar-refractivity contribution in [3.8, 4) is 0 Å². The van der Waals surface area contributed by atoms with E-state index in [1.165, 1.54) is 12.1 Å². The van der Waals surface area contributed by atoms with Crippen LogP contribution < -0.4 is 10.2 Å². The first-order valence-corrected chi connectivity index (χ1v) is 5.91. The highest BCUT2D eigenvalue weighted by molar-refractivity contribution is 6.30. The molecule has 0 unspecified atom stereocenters. The van der Waals surface area contributed by atoms with Crippen molar-refractivity contribution in [3.63, 3.8) is 0 Å². The summed E-state index contributed by atoms with van der Waals surface area (Å²) >= 11 is 5.88. The van der Waals surface area contributed by atoms with Gasteiger partial charge in [0.15, 0.2) is 0 Å². The fourth-order valence-corrected chi connectivity index (χ4v) is 2.11. The van der Waals surface area contributed by atoms with Gasteiger partial charge in [-0.2, -0.15) is 0 Å². The molecule has 2 rings (SSSR count). The summed E-state index contributed by atoms with van der Waals surface area (Å²) in [5.41, 5.74) is 1.28. The fourth-order valence-electron chi connectivity index (χ4n) is 1.99. The van der Waals surface area contributed by atoms with Gasteiger partial charge in [-0.1, -0.05) is 18.5 Å². The molecular weight excluding hydrogens is 208 g/mol. The zero-order chi connectivity index (χ0) is 10.7. The Morgan fingerprint density at radius 2 is 2.13 bits per heavy atom. The molecule has 1 heterocycles. The summed E-state index contributed by atoms with van der Waals surface area (Å²) < 4.78 is 0. The molecule has 15 heavy (non-hydrogen) atoms. The number of nitrogens with one attached hydrogen (secondary N) is 1. The first kappa shape index (κ1) is 10.8. The van der Waals surface area contributed by atoms with Crippen molar-refractivity contribution in [2.24, 2.45) is 0 Å². The molecule has 1 aliphatic rings. The van der Waals surface area contributed by atoms with Crippen molar-refractivity contribution in [3.05, 3.63) is 29.3 Å². The normalized spacial score (nSPS) is 21.7. The molecule has 0 spiro atoms. The molecule has 1 fully saturated rings. The summed E-state index contributed by atoms with van der Waals surface area (Å²) in [6.07, 6.45) is 1.18. The summed E-state index contributed by atoms with van der Waals surface area (Å²) in [6.45, 7) is 5.47. The third-order valence-corrected chi connectivity index (χ3v) is 3.19. The number of rotatable bonds is 2. The van der Waals surface area contributed by atoms with E-state index in [1.807, 2.05) is 12.1 Å². The Morgan fingerprint density at radius 1 is 1.40 bits per heavy atom. The summed E-state index contributed by atoms with van der Waals surface area (Å²) in [5, 5.41) is 4.32. The van der Waals surface area contributed by atoms with Gasteiger partial charge in [-0.05, 0) is 30.7 Å². The molecule has 1 N–H and O–H groups in total. The summed E-state index contributed by atoms with van der Waals surface area (Å²) in [6, 6.07) is 8.73. The number of hydrogen-bond acceptors (Lipinski definition) is 2. The molecular formula is C12H17ClN2. The first-order valence-electron chi connectivity index (χ1n) is 5.53. The molecule has 0 amide bonds. The lowest BCUT2D eigenvalue weighted by atomic mass is 10.1. The number of piperazine rings is 1. The van der Waals surface area contributed by atoms with Gasteiger partial charge in [0, 0.05) is 36.4 Å². The molecule has 0 bridgehead atoms. The molecule has 1 atom stereocenters. The Morgan fingerprint density at radius 3 is 2.80 bits per heavy atom. The van der Waals surface area contributed by atoms with Gasteiger partial charge in [0.2, 0.25) is 0 Å². The van der Waals surface area contributed by atoms with E-state index in [2.05, 4.69) is 29.3 Å². The van der Waals surface area contributed by atoms with Crippen LogP contribution in [0.2, 0.25) is 5.02 Å². The van der Waals surface area contributed by atoms with Crippen LogP contribution in [0.25, 0.3) is 0 Å². The van der Waals surface area contributed by atoms with Gasteiger partial charge in [0.25, 0.3) is 0 Å². The molecule has 0 aromatic heterocycles. The quantitative estimate of drug-likeness (QED) is 0.831. The summed E-state index contributed by atoms with van der Waals surface area (Å²) in [4.78, 5) is 2.42. The molecule has 1 aromatic rings. The second kappa shape index (κ2) is 4.86. The van der Waals surface area contributed by atoms with Gasteiger partial charge in [0.05, 0.1) is 0 Å². The highest BCUT2D eigenvalue weighted by atomic mass is 35.5. The zero-order valence-electron chi connectivity index (χ0n) is 9.04. The summed E-state index contributed by atoms with van der Waals surface area (Å²) in [7, 11) is 0. The Kier molecular flexibility index (Phi) is 3.49. The minimum Gasteiger partial charge on any atom is -0.369 e. The molecule has 1 aromatic carbocycles. The smallest absolute Gasteiger partial charge is 0.0407 e. The molecule has 1 saturated heterocycles. The van der Waals surface area contributed by atoms with Crippen molar-refractivity contribution in [2.45, 2.75) is 19.4 Å². The molecule has 0 aliphatic carbocycles.